The molecular formula is C46H60N14O9. The molecule has 6 aromatic rings. The van der Waals surface area contributed by atoms with Crippen LogP contribution in [0.1, 0.15) is 72.1 Å². The Morgan fingerprint density at radius 2 is 1.20 bits per heavy atom. The number of aromatic carboxylic acids is 1. The summed E-state index contributed by atoms with van der Waals surface area (Å²) in [7, 11) is 3.43. The van der Waals surface area contributed by atoms with Gasteiger partial charge in [-0.2, -0.15) is 19.2 Å². The van der Waals surface area contributed by atoms with E-state index in [0.29, 0.717) is 97.5 Å². The number of hydrogen-bond donors (Lipinski definition) is 9. The number of carbonyl (C=O) groups is 2. The number of carbonyl (C=O) groups excluding carboxylic acids is 1. The van der Waals surface area contributed by atoms with Gasteiger partial charge in [0, 0.05) is 82.2 Å². The average Bonchev–Trinajstić information content (AvgIpc) is 4.17. The molecule has 23 nitrogen and oxygen atoms in total. The van der Waals surface area contributed by atoms with Gasteiger partial charge in [-0.15, -0.1) is 0 Å². The normalized spacial score (nSPS) is 16.1. The van der Waals surface area contributed by atoms with Crippen LogP contribution in [0, 0.1) is 10.8 Å². The fourth-order valence-electron chi connectivity index (χ4n) is 7.25. The van der Waals surface area contributed by atoms with Gasteiger partial charge in [-0.05, 0) is 75.6 Å². The predicted octanol–water partition coefficient (Wildman–Crippen LogP) is 2.63. The molecule has 10 N–H and O–H groups in total. The summed E-state index contributed by atoms with van der Waals surface area (Å²) >= 11 is 0. The van der Waals surface area contributed by atoms with E-state index in [4.69, 9.17) is 20.3 Å². The Morgan fingerprint density at radius 1 is 0.739 bits per heavy atom. The number of pyridine rings is 2. The number of rotatable bonds is 21. The van der Waals surface area contributed by atoms with E-state index < -0.39 is 5.97 Å². The van der Waals surface area contributed by atoms with Crippen LogP contribution in [0.15, 0.2) is 70.8 Å². The van der Waals surface area contributed by atoms with Gasteiger partial charge >= 0.3 is 5.97 Å². The Hall–Kier alpha value is -6.92. The Kier molecular flexibility index (Phi) is 14.9. The standard InChI is InChI=1S/C23H29N7O4.C18H20N6O4.C5H11NO/c1-24-19-11-18(27-17-3-2-8-29(22(17)33)9-10-34-15-4-5-15)28-20-16(12-26-30(19)20)21(32)25-13-23(14-31)6-7-23;1-19-15-9-14(22-16-12(18(26)27)10-20-24(15)16)21-13-3-2-6-23(17(13)25)7-8-28-11-4-5-11;6-3-5(4-7)1-2-5/h2-3,8,11-12,15,24,31H,4-7,9-10,13-14H2,1H3,(H,25,32)(H,27,28);2-3,6,9-11,19H,4-5,7-8H2,1H3,(H,21,22)(H,26,27);7H,1-4,6H2. The first-order chi connectivity index (χ1) is 33.4. The van der Waals surface area contributed by atoms with Gasteiger partial charge in [-0.25, -0.2) is 14.8 Å². The largest absolute Gasteiger partial charge is 0.477 e. The van der Waals surface area contributed by atoms with E-state index in [9.17, 15) is 29.4 Å². The number of nitrogens with zero attached hydrogens (tertiary/aromatic N) is 8. The van der Waals surface area contributed by atoms with Crippen LogP contribution in [0.4, 0.5) is 34.6 Å². The van der Waals surface area contributed by atoms with E-state index in [1.165, 1.54) is 21.4 Å². The van der Waals surface area contributed by atoms with E-state index in [0.717, 1.165) is 51.4 Å². The molecule has 0 aromatic carbocycles. The Labute approximate surface area is 396 Å². The van der Waals surface area contributed by atoms with Gasteiger partial charge in [-0.3, -0.25) is 14.4 Å². The number of fused-ring (bicyclic) bond motifs is 2. The molecule has 6 aromatic heterocycles. The third-order valence-electron chi connectivity index (χ3n) is 12.6. The summed E-state index contributed by atoms with van der Waals surface area (Å²) in [5, 5.41) is 50.7. The third kappa shape index (κ3) is 11.9. The Bertz CT molecular complexity index is 2890. The number of hydrogen-bond acceptors (Lipinski definition) is 17. The molecule has 0 radical (unpaired) electrons. The zero-order valence-electron chi connectivity index (χ0n) is 38.7. The molecule has 4 aliphatic carbocycles. The van der Waals surface area contributed by atoms with Crippen LogP contribution < -0.4 is 43.4 Å². The van der Waals surface area contributed by atoms with Crippen LogP contribution in [-0.2, 0) is 22.6 Å². The van der Waals surface area contributed by atoms with Crippen LogP contribution in [0.3, 0.4) is 0 Å². The lowest BCUT2D eigenvalue weighted by Gasteiger charge is -2.13. The molecule has 1 amide bonds. The highest BCUT2D eigenvalue weighted by Gasteiger charge is 2.42. The highest BCUT2D eigenvalue weighted by atomic mass is 16.5. The minimum absolute atomic E-state index is 0.0251. The van der Waals surface area contributed by atoms with Crippen molar-refractivity contribution in [2.75, 3.05) is 74.9 Å². The van der Waals surface area contributed by atoms with Crippen molar-refractivity contribution in [1.29, 1.82) is 0 Å². The van der Waals surface area contributed by atoms with Gasteiger partial charge in [0.15, 0.2) is 11.3 Å². The van der Waals surface area contributed by atoms with Crippen molar-refractivity contribution in [3.8, 4) is 0 Å². The van der Waals surface area contributed by atoms with Gasteiger partial charge in [-0.1, -0.05) is 0 Å². The lowest BCUT2D eigenvalue weighted by molar-refractivity contribution is 0.0698. The fraction of sp³-hybridized carbons (Fsp3) is 0.478. The summed E-state index contributed by atoms with van der Waals surface area (Å²) in [6.07, 6.45) is 15.2. The van der Waals surface area contributed by atoms with Crippen molar-refractivity contribution in [1.82, 2.24) is 43.6 Å². The first-order valence-electron chi connectivity index (χ1n) is 23.1. The lowest BCUT2D eigenvalue weighted by atomic mass is 10.1. The molecule has 69 heavy (non-hydrogen) atoms. The van der Waals surface area contributed by atoms with Crippen LogP contribution in [0.5, 0.6) is 0 Å². The Morgan fingerprint density at radius 3 is 1.59 bits per heavy atom. The molecule has 23 heteroatoms. The van der Waals surface area contributed by atoms with Crippen molar-refractivity contribution >= 4 is 57.8 Å². The lowest BCUT2D eigenvalue weighted by Crippen LogP contribution is -2.31. The first kappa shape index (κ1) is 48.5. The number of carboxylic acid groups (broad SMARTS) is 1. The number of ether oxygens (including phenoxy) is 2. The summed E-state index contributed by atoms with van der Waals surface area (Å²) in [5.41, 5.74) is 6.43. The monoisotopic (exact) mass is 952 g/mol. The highest BCUT2D eigenvalue weighted by Crippen LogP contribution is 2.44. The second-order valence-corrected chi connectivity index (χ2v) is 17.9. The number of carboxylic acids is 1. The quantitative estimate of drug-likeness (QED) is 0.0501. The van der Waals surface area contributed by atoms with E-state index >= 15 is 0 Å². The molecule has 0 saturated heterocycles. The number of anilines is 6. The van der Waals surface area contributed by atoms with Crippen LogP contribution >= 0.6 is 0 Å². The molecule has 6 heterocycles. The summed E-state index contributed by atoms with van der Waals surface area (Å²) in [6.45, 7) is 3.32. The van der Waals surface area contributed by atoms with Gasteiger partial charge < -0.3 is 66.2 Å². The SMILES string of the molecule is CNc1cc(Nc2cccn(CCOC3CC3)c2=O)nc2c(C(=O)NCC3(CO)CC3)cnn12.CNc1cc(Nc2cccn(CCOC3CC3)c2=O)nc2c(C(=O)O)cnn12.NCC1(CO)CC1. The molecule has 0 spiro atoms. The molecule has 368 valence electrons. The Balaban J connectivity index is 0.000000165. The molecule has 0 aliphatic heterocycles. The molecule has 4 fully saturated rings. The minimum atomic E-state index is -1.13. The zero-order chi connectivity index (χ0) is 48.7. The van der Waals surface area contributed by atoms with Crippen molar-refractivity contribution in [3.05, 3.63) is 93.0 Å². The highest BCUT2D eigenvalue weighted by molar-refractivity contribution is 6.00. The van der Waals surface area contributed by atoms with Gasteiger partial charge in [0.25, 0.3) is 17.0 Å². The predicted molar refractivity (Wildman–Crippen MR) is 257 cm³/mol. The van der Waals surface area contributed by atoms with Crippen LogP contribution in [-0.4, -0.2) is 131 Å². The summed E-state index contributed by atoms with van der Waals surface area (Å²) in [5.74, 6) is 0.454. The smallest absolute Gasteiger partial charge is 0.341 e. The maximum atomic E-state index is 12.9. The second kappa shape index (κ2) is 21.2. The van der Waals surface area contributed by atoms with E-state index in [2.05, 4.69) is 46.7 Å². The summed E-state index contributed by atoms with van der Waals surface area (Å²) < 4.78 is 17.4. The minimum Gasteiger partial charge on any atom is -0.477 e. The zero-order valence-corrected chi connectivity index (χ0v) is 38.7. The van der Waals surface area contributed by atoms with Gasteiger partial charge in [0.05, 0.1) is 44.4 Å². The van der Waals surface area contributed by atoms with Crippen molar-refractivity contribution < 1.29 is 34.4 Å². The molecule has 0 unspecified atom stereocenters. The molecule has 4 aliphatic rings. The van der Waals surface area contributed by atoms with Crippen molar-refractivity contribution in [2.24, 2.45) is 16.6 Å². The maximum Gasteiger partial charge on any atom is 0.341 e. The number of amides is 1. The summed E-state index contributed by atoms with van der Waals surface area (Å²) in [4.78, 5) is 58.7. The topological polar surface area (TPSA) is 304 Å². The maximum absolute atomic E-state index is 12.9. The van der Waals surface area contributed by atoms with E-state index in [-0.39, 0.29) is 52.3 Å². The first-order valence-corrected chi connectivity index (χ1v) is 23.1. The van der Waals surface area contributed by atoms with E-state index in [1.807, 2.05) is 0 Å². The van der Waals surface area contributed by atoms with Crippen LogP contribution in [0.2, 0.25) is 0 Å². The third-order valence-corrected chi connectivity index (χ3v) is 12.6. The molecule has 0 atom stereocenters. The van der Waals surface area contributed by atoms with E-state index in [1.54, 1.807) is 72.0 Å². The fourth-order valence-corrected chi connectivity index (χ4v) is 7.25. The number of nitrogens with two attached hydrogens (primary N) is 1. The number of nitrogens with one attached hydrogen (secondary N) is 5. The number of aliphatic hydroxyl groups is 2. The molecule has 10 rings (SSSR count). The number of aromatic nitrogens is 8. The van der Waals surface area contributed by atoms with Crippen molar-refractivity contribution in [3.63, 3.8) is 0 Å². The summed E-state index contributed by atoms with van der Waals surface area (Å²) in [6, 6.07) is 10.3. The van der Waals surface area contributed by atoms with Gasteiger partial charge in [0.2, 0.25) is 0 Å². The number of aliphatic hydroxyl groups excluding tert-OH is 2. The van der Waals surface area contributed by atoms with Crippen LogP contribution in [0.25, 0.3) is 11.3 Å². The second-order valence-electron chi connectivity index (χ2n) is 17.9. The average molecular weight is 953 g/mol. The molecular weight excluding hydrogens is 893 g/mol. The molecule has 4 saturated carbocycles. The van der Waals surface area contributed by atoms with Crippen molar-refractivity contribution in [2.45, 2.75) is 76.7 Å². The van der Waals surface area contributed by atoms with Gasteiger partial charge in [0.1, 0.15) is 45.8 Å². The molecule has 0 bridgehead atoms.